The van der Waals surface area contributed by atoms with Crippen LogP contribution in [0.3, 0.4) is 0 Å². The summed E-state index contributed by atoms with van der Waals surface area (Å²) in [6.45, 7) is 0. The van der Waals surface area contributed by atoms with E-state index in [9.17, 15) is 28.1 Å². The summed E-state index contributed by atoms with van der Waals surface area (Å²) < 4.78 is 37.3. The molecule has 0 N–H and O–H groups in total. The minimum Gasteiger partial charge on any atom is -0.284 e. The summed E-state index contributed by atoms with van der Waals surface area (Å²) in [6, 6.07) is 7.60. The summed E-state index contributed by atoms with van der Waals surface area (Å²) in [5.41, 5.74) is -1.30. The summed E-state index contributed by atoms with van der Waals surface area (Å²) in [6.07, 6.45) is -5.07. The molecule has 0 atom stereocenters. The summed E-state index contributed by atoms with van der Waals surface area (Å²) in [7, 11) is 0. The largest absolute Gasteiger partial charge is 0.454 e. The zero-order valence-electron chi connectivity index (χ0n) is 9.27. The van der Waals surface area contributed by atoms with Crippen LogP contribution < -0.4 is 0 Å². The number of hydrogen-bond acceptors (Lipinski definition) is 3. The first-order valence-electron chi connectivity index (χ1n) is 5.10. The van der Waals surface area contributed by atoms with Crippen molar-refractivity contribution in [3.63, 3.8) is 0 Å². The molecular formula is C12H6F3NO3. The van der Waals surface area contributed by atoms with E-state index in [2.05, 4.69) is 0 Å². The Hall–Kier alpha value is -2.44. The van der Waals surface area contributed by atoms with Crippen LogP contribution >= 0.6 is 0 Å². The van der Waals surface area contributed by atoms with Crippen LogP contribution in [0, 0.1) is 10.1 Å². The molecule has 0 aliphatic heterocycles. The average Bonchev–Trinajstić information content (AvgIpc) is 2.50. The number of ketones is 1. The molecule has 4 nitrogen and oxygen atoms in total. The van der Waals surface area contributed by atoms with Gasteiger partial charge in [-0.1, -0.05) is 24.3 Å². The molecule has 0 fully saturated rings. The van der Waals surface area contributed by atoms with E-state index in [4.69, 9.17) is 0 Å². The van der Waals surface area contributed by atoms with Gasteiger partial charge in [-0.2, -0.15) is 13.2 Å². The summed E-state index contributed by atoms with van der Waals surface area (Å²) >= 11 is 0. The van der Waals surface area contributed by atoms with Gasteiger partial charge in [-0.25, -0.2) is 0 Å². The van der Waals surface area contributed by atoms with Gasteiger partial charge in [0, 0.05) is 11.6 Å². The summed E-state index contributed by atoms with van der Waals surface area (Å²) in [5.74, 6) is -2.09. The van der Waals surface area contributed by atoms with E-state index in [1.807, 2.05) is 0 Å². The fraction of sp³-hybridized carbons (Fsp3) is 0.0833. The third-order valence-corrected chi connectivity index (χ3v) is 2.58. The Morgan fingerprint density at radius 1 is 1.11 bits per heavy atom. The lowest BCUT2D eigenvalue weighted by molar-refractivity contribution is -0.383. The summed E-state index contributed by atoms with van der Waals surface area (Å²) in [5, 5.41) is 10.8. The van der Waals surface area contributed by atoms with Crippen molar-refractivity contribution in [1.29, 1.82) is 0 Å². The van der Waals surface area contributed by atoms with E-state index in [0.717, 1.165) is 0 Å². The zero-order chi connectivity index (χ0) is 14.2. The summed E-state index contributed by atoms with van der Waals surface area (Å²) in [4.78, 5) is 21.3. The van der Waals surface area contributed by atoms with Crippen molar-refractivity contribution in [2.24, 2.45) is 0 Å². The number of hydrogen-bond donors (Lipinski definition) is 0. The van der Waals surface area contributed by atoms with E-state index >= 15 is 0 Å². The molecule has 2 aliphatic carbocycles. The predicted molar refractivity (Wildman–Crippen MR) is 60.1 cm³/mol. The van der Waals surface area contributed by atoms with Crippen LogP contribution in [0.2, 0.25) is 0 Å². The molecule has 0 aromatic rings. The van der Waals surface area contributed by atoms with Crippen LogP contribution in [0.1, 0.15) is 10.4 Å². The van der Waals surface area contributed by atoms with Gasteiger partial charge in [0.05, 0.1) is 10.5 Å². The number of nitro groups is 1. The molecule has 0 spiro atoms. The van der Waals surface area contributed by atoms with Crippen LogP contribution in [0.15, 0.2) is 36.4 Å². The van der Waals surface area contributed by atoms with Gasteiger partial charge in [0.15, 0.2) is 0 Å². The number of carbonyl (C=O) groups excluding carboxylic acids is 1. The fourth-order valence-corrected chi connectivity index (χ4v) is 1.79. The van der Waals surface area contributed by atoms with Gasteiger partial charge < -0.3 is 0 Å². The first-order chi connectivity index (χ1) is 8.82. The second kappa shape index (κ2) is 4.34. The average molecular weight is 269 g/mol. The molecular weight excluding hydrogens is 263 g/mol. The number of carbonyl (C=O) groups is 1. The van der Waals surface area contributed by atoms with E-state index in [1.165, 1.54) is 30.3 Å². The number of Topliss-reactive ketones (excluding diaryl/α,β-unsaturated/α-hetero) is 1. The van der Waals surface area contributed by atoms with Crippen LogP contribution in [-0.2, 0) is 0 Å². The van der Waals surface area contributed by atoms with Crippen molar-refractivity contribution in [2.45, 2.75) is 6.18 Å². The van der Waals surface area contributed by atoms with Gasteiger partial charge in [-0.3, -0.25) is 14.9 Å². The standard InChI is InChI=1S/C12H6F3NO3/c13-12(14,15)11(17)9-6-10(16(18)19)8-5-3-1-2-4-7(8)9/h1-6H. The highest BCUT2D eigenvalue weighted by Crippen LogP contribution is 2.39. The lowest BCUT2D eigenvalue weighted by atomic mass is 10.1. The number of fused-ring (bicyclic) bond motifs is 1. The Labute approximate surface area is 105 Å². The molecule has 0 radical (unpaired) electrons. The quantitative estimate of drug-likeness (QED) is 0.476. The van der Waals surface area contributed by atoms with Gasteiger partial charge >= 0.3 is 6.18 Å². The zero-order valence-corrected chi connectivity index (χ0v) is 9.27. The molecule has 0 aromatic carbocycles. The molecule has 0 unspecified atom stereocenters. The molecule has 0 saturated carbocycles. The van der Waals surface area contributed by atoms with E-state index in [1.54, 1.807) is 0 Å². The molecule has 7 heteroatoms. The molecule has 2 aliphatic rings. The Balaban J connectivity index is 2.72. The van der Waals surface area contributed by atoms with Crippen LogP contribution in [0.25, 0.3) is 11.1 Å². The maximum Gasteiger partial charge on any atom is 0.454 e. The molecule has 19 heavy (non-hydrogen) atoms. The Morgan fingerprint density at radius 2 is 1.68 bits per heavy atom. The lowest BCUT2D eigenvalue weighted by Crippen LogP contribution is -2.22. The van der Waals surface area contributed by atoms with Crippen molar-refractivity contribution < 1.29 is 22.9 Å². The highest BCUT2D eigenvalue weighted by molar-refractivity contribution is 6.08. The topological polar surface area (TPSA) is 60.2 Å². The number of halogens is 3. The normalized spacial score (nSPS) is 11.5. The molecule has 0 aromatic heterocycles. The second-order valence-electron chi connectivity index (χ2n) is 3.77. The molecule has 0 heterocycles. The predicted octanol–water partition coefficient (Wildman–Crippen LogP) is 3.44. The minimum absolute atomic E-state index is 0.00241. The molecule has 2 rings (SSSR count). The first kappa shape index (κ1) is 13.0. The van der Waals surface area contributed by atoms with Gasteiger partial charge in [-0.15, -0.1) is 0 Å². The first-order valence-corrected chi connectivity index (χ1v) is 5.10. The maximum atomic E-state index is 12.4. The van der Waals surface area contributed by atoms with Crippen molar-refractivity contribution in [1.82, 2.24) is 0 Å². The molecule has 98 valence electrons. The van der Waals surface area contributed by atoms with Gasteiger partial charge in [-0.05, 0) is 11.6 Å². The van der Waals surface area contributed by atoms with Gasteiger partial charge in [0.25, 0.3) is 11.5 Å². The fourth-order valence-electron chi connectivity index (χ4n) is 1.79. The minimum atomic E-state index is -5.07. The van der Waals surface area contributed by atoms with Crippen LogP contribution in [0.4, 0.5) is 18.9 Å². The Bertz CT molecular complexity index is 637. The van der Waals surface area contributed by atoms with Crippen LogP contribution in [0.5, 0.6) is 0 Å². The van der Waals surface area contributed by atoms with Crippen molar-refractivity contribution in [3.8, 4) is 11.1 Å². The molecule has 0 amide bonds. The number of nitrogens with zero attached hydrogens (tertiary/aromatic N) is 1. The highest BCUT2D eigenvalue weighted by atomic mass is 19.4. The maximum absolute atomic E-state index is 12.4. The SMILES string of the molecule is O=C(c1cc([N+](=O)[O-])c2cccccc1-2)C(F)(F)F. The van der Waals surface area contributed by atoms with Gasteiger partial charge in [0.2, 0.25) is 0 Å². The van der Waals surface area contributed by atoms with Crippen LogP contribution in [-0.4, -0.2) is 16.9 Å². The second-order valence-corrected chi connectivity index (χ2v) is 3.77. The van der Waals surface area contributed by atoms with E-state index in [0.29, 0.717) is 6.07 Å². The molecule has 0 bridgehead atoms. The Morgan fingerprint density at radius 3 is 2.21 bits per heavy atom. The van der Waals surface area contributed by atoms with E-state index < -0.39 is 28.1 Å². The number of rotatable bonds is 2. The molecule has 0 saturated heterocycles. The number of alkyl halides is 3. The monoisotopic (exact) mass is 269 g/mol. The van der Waals surface area contributed by atoms with Crippen molar-refractivity contribution in [3.05, 3.63) is 52.1 Å². The van der Waals surface area contributed by atoms with Crippen molar-refractivity contribution >= 4 is 11.5 Å². The van der Waals surface area contributed by atoms with Crippen molar-refractivity contribution in [2.75, 3.05) is 0 Å². The smallest absolute Gasteiger partial charge is 0.284 e. The highest BCUT2D eigenvalue weighted by Gasteiger charge is 2.42. The third-order valence-electron chi connectivity index (χ3n) is 2.58. The lowest BCUT2D eigenvalue weighted by Gasteiger charge is -2.04. The third kappa shape index (κ3) is 2.26. The van der Waals surface area contributed by atoms with Gasteiger partial charge in [0.1, 0.15) is 0 Å². The Kier molecular flexibility index (Phi) is 2.97. The van der Waals surface area contributed by atoms with E-state index in [-0.39, 0.29) is 11.1 Å².